The number of aromatic nitrogens is 4. The molecule has 0 aliphatic carbocycles. The maximum absolute atomic E-state index is 5.54. The first-order valence-corrected chi connectivity index (χ1v) is 4.05. The molecule has 0 aromatic carbocycles. The van der Waals surface area contributed by atoms with Crippen LogP contribution in [-0.2, 0) is 7.05 Å². The summed E-state index contributed by atoms with van der Waals surface area (Å²) in [5.74, 6) is 0.864. The Morgan fingerprint density at radius 1 is 1.29 bits per heavy atom. The minimum atomic E-state index is 0.360. The van der Waals surface area contributed by atoms with E-state index in [4.69, 9.17) is 11.5 Å². The predicted octanol–water partition coefficient (Wildman–Crippen LogP) is 0.0415. The van der Waals surface area contributed by atoms with E-state index in [1.807, 2.05) is 0 Å². The van der Waals surface area contributed by atoms with E-state index >= 15 is 0 Å². The number of aryl methyl sites for hydroxylation is 1. The van der Waals surface area contributed by atoms with Crippen molar-refractivity contribution in [1.82, 2.24) is 19.7 Å². The predicted molar refractivity (Wildman–Crippen MR) is 53.1 cm³/mol. The molecule has 0 radical (unpaired) electrons. The molecule has 0 saturated carbocycles. The van der Waals surface area contributed by atoms with Gasteiger partial charge in [0.25, 0.3) is 0 Å². The van der Waals surface area contributed by atoms with Crippen molar-refractivity contribution in [2.24, 2.45) is 7.05 Å². The second-order valence-electron chi connectivity index (χ2n) is 2.89. The average molecular weight is 190 g/mol. The van der Waals surface area contributed by atoms with Crippen LogP contribution in [0.2, 0.25) is 0 Å². The van der Waals surface area contributed by atoms with E-state index in [0.717, 1.165) is 0 Å². The van der Waals surface area contributed by atoms with Crippen molar-refractivity contribution in [3.63, 3.8) is 0 Å². The van der Waals surface area contributed by atoms with E-state index in [1.54, 1.807) is 25.4 Å². The zero-order chi connectivity index (χ0) is 10.1. The Morgan fingerprint density at radius 3 is 2.57 bits per heavy atom. The SMILES string of the molecule is Cn1nc(-c2ccc(N)cn2)nc1N. The number of hydrogen-bond donors (Lipinski definition) is 2. The van der Waals surface area contributed by atoms with Crippen LogP contribution < -0.4 is 11.5 Å². The van der Waals surface area contributed by atoms with Gasteiger partial charge in [-0.3, -0.25) is 4.98 Å². The lowest BCUT2D eigenvalue weighted by atomic mass is 10.3. The van der Waals surface area contributed by atoms with Crippen LogP contribution in [0.3, 0.4) is 0 Å². The zero-order valence-corrected chi connectivity index (χ0v) is 7.68. The van der Waals surface area contributed by atoms with Crippen molar-refractivity contribution < 1.29 is 0 Å². The number of nitrogens with two attached hydrogens (primary N) is 2. The number of hydrogen-bond acceptors (Lipinski definition) is 5. The van der Waals surface area contributed by atoms with Crippen molar-refractivity contribution in [1.29, 1.82) is 0 Å². The number of anilines is 2. The third-order valence-corrected chi connectivity index (χ3v) is 1.81. The highest BCUT2D eigenvalue weighted by molar-refractivity contribution is 5.53. The summed E-state index contributed by atoms with van der Waals surface area (Å²) in [6.45, 7) is 0. The molecular formula is C8H10N6. The Morgan fingerprint density at radius 2 is 2.07 bits per heavy atom. The summed E-state index contributed by atoms with van der Waals surface area (Å²) in [5.41, 5.74) is 12.3. The summed E-state index contributed by atoms with van der Waals surface area (Å²) < 4.78 is 1.49. The number of pyridine rings is 1. The molecule has 0 amide bonds. The van der Waals surface area contributed by atoms with Gasteiger partial charge < -0.3 is 11.5 Å². The second kappa shape index (κ2) is 2.99. The molecule has 0 saturated heterocycles. The topological polar surface area (TPSA) is 95.6 Å². The van der Waals surface area contributed by atoms with E-state index in [2.05, 4.69) is 15.1 Å². The number of nitrogen functional groups attached to an aromatic ring is 2. The highest BCUT2D eigenvalue weighted by Gasteiger charge is 2.06. The summed E-state index contributed by atoms with van der Waals surface area (Å²) in [5, 5.41) is 4.09. The van der Waals surface area contributed by atoms with Crippen LogP contribution in [0.25, 0.3) is 11.5 Å². The minimum Gasteiger partial charge on any atom is -0.397 e. The lowest BCUT2D eigenvalue weighted by Gasteiger charge is -1.94. The average Bonchev–Trinajstić information content (AvgIpc) is 2.48. The van der Waals surface area contributed by atoms with Gasteiger partial charge in [0.05, 0.1) is 11.9 Å². The van der Waals surface area contributed by atoms with Crippen LogP contribution in [0, 0.1) is 0 Å². The standard InChI is InChI=1S/C8H10N6/c1-14-8(10)12-7(13-14)6-3-2-5(9)4-11-6/h2-4H,9H2,1H3,(H2,10,12,13). The lowest BCUT2D eigenvalue weighted by molar-refractivity contribution is 0.780. The highest BCUT2D eigenvalue weighted by atomic mass is 15.4. The van der Waals surface area contributed by atoms with Crippen LogP contribution in [0.15, 0.2) is 18.3 Å². The van der Waals surface area contributed by atoms with Crippen LogP contribution in [-0.4, -0.2) is 19.7 Å². The van der Waals surface area contributed by atoms with E-state index in [9.17, 15) is 0 Å². The van der Waals surface area contributed by atoms with Gasteiger partial charge in [0.2, 0.25) is 11.8 Å². The molecule has 72 valence electrons. The van der Waals surface area contributed by atoms with Gasteiger partial charge in [0.1, 0.15) is 5.69 Å². The van der Waals surface area contributed by atoms with Gasteiger partial charge in [0.15, 0.2) is 0 Å². The molecule has 0 aliphatic rings. The Bertz CT molecular complexity index is 424. The number of rotatable bonds is 1. The van der Waals surface area contributed by atoms with E-state index in [-0.39, 0.29) is 0 Å². The van der Waals surface area contributed by atoms with Crippen molar-refractivity contribution in [2.75, 3.05) is 11.5 Å². The summed E-state index contributed by atoms with van der Waals surface area (Å²) in [6, 6.07) is 3.50. The molecule has 2 heterocycles. The van der Waals surface area contributed by atoms with E-state index in [0.29, 0.717) is 23.2 Å². The van der Waals surface area contributed by atoms with Gasteiger partial charge in [-0.15, -0.1) is 5.10 Å². The maximum Gasteiger partial charge on any atom is 0.218 e. The van der Waals surface area contributed by atoms with Crippen molar-refractivity contribution in [3.05, 3.63) is 18.3 Å². The van der Waals surface area contributed by atoms with Crippen molar-refractivity contribution >= 4 is 11.6 Å². The van der Waals surface area contributed by atoms with E-state index in [1.165, 1.54) is 4.68 Å². The quantitative estimate of drug-likeness (QED) is 0.662. The first-order valence-electron chi connectivity index (χ1n) is 4.05. The first-order chi connectivity index (χ1) is 6.66. The lowest BCUT2D eigenvalue weighted by Crippen LogP contribution is -1.97. The van der Waals surface area contributed by atoms with Crippen molar-refractivity contribution in [2.45, 2.75) is 0 Å². The molecule has 0 fully saturated rings. The van der Waals surface area contributed by atoms with Gasteiger partial charge >= 0.3 is 0 Å². The van der Waals surface area contributed by atoms with Gasteiger partial charge in [-0.1, -0.05) is 0 Å². The third-order valence-electron chi connectivity index (χ3n) is 1.81. The highest BCUT2D eigenvalue weighted by Crippen LogP contribution is 2.13. The normalized spacial score (nSPS) is 10.4. The van der Waals surface area contributed by atoms with Gasteiger partial charge in [-0.05, 0) is 12.1 Å². The molecule has 0 bridgehead atoms. The van der Waals surface area contributed by atoms with Crippen LogP contribution in [0.5, 0.6) is 0 Å². The van der Waals surface area contributed by atoms with Gasteiger partial charge in [-0.25, -0.2) is 4.68 Å². The zero-order valence-electron chi connectivity index (χ0n) is 7.68. The monoisotopic (exact) mass is 190 g/mol. The Balaban J connectivity index is 2.44. The largest absolute Gasteiger partial charge is 0.397 e. The molecule has 2 aromatic heterocycles. The fourth-order valence-corrected chi connectivity index (χ4v) is 1.04. The van der Waals surface area contributed by atoms with Gasteiger partial charge in [0, 0.05) is 7.05 Å². The van der Waals surface area contributed by atoms with Gasteiger partial charge in [-0.2, -0.15) is 4.98 Å². The molecule has 14 heavy (non-hydrogen) atoms. The summed E-state index contributed by atoms with van der Waals surface area (Å²) in [6.07, 6.45) is 1.56. The van der Waals surface area contributed by atoms with Crippen molar-refractivity contribution in [3.8, 4) is 11.5 Å². The molecular weight excluding hydrogens is 180 g/mol. The number of nitrogens with zero attached hydrogens (tertiary/aromatic N) is 4. The minimum absolute atomic E-state index is 0.360. The summed E-state index contributed by atoms with van der Waals surface area (Å²) in [7, 11) is 1.73. The Hall–Kier alpha value is -2.11. The second-order valence-corrected chi connectivity index (χ2v) is 2.89. The van der Waals surface area contributed by atoms with E-state index < -0.39 is 0 Å². The molecule has 0 aliphatic heterocycles. The third kappa shape index (κ3) is 1.37. The molecule has 0 unspecified atom stereocenters. The first kappa shape index (κ1) is 8.49. The molecule has 0 atom stereocenters. The summed E-state index contributed by atoms with van der Waals surface area (Å²) >= 11 is 0. The molecule has 2 rings (SSSR count). The molecule has 6 nitrogen and oxygen atoms in total. The smallest absolute Gasteiger partial charge is 0.218 e. The van der Waals surface area contributed by atoms with Crippen LogP contribution >= 0.6 is 0 Å². The van der Waals surface area contributed by atoms with Crippen LogP contribution in [0.4, 0.5) is 11.6 Å². The fourth-order valence-electron chi connectivity index (χ4n) is 1.04. The Labute approximate surface area is 80.6 Å². The van der Waals surface area contributed by atoms with Crippen LogP contribution in [0.1, 0.15) is 0 Å². The summed E-state index contributed by atoms with van der Waals surface area (Å²) in [4.78, 5) is 8.12. The molecule has 0 spiro atoms. The fraction of sp³-hybridized carbons (Fsp3) is 0.125. The molecule has 6 heteroatoms. The Kier molecular flexibility index (Phi) is 1.81. The molecule has 2 aromatic rings. The maximum atomic E-state index is 5.54. The molecule has 4 N–H and O–H groups in total.